The van der Waals surface area contributed by atoms with Crippen molar-refractivity contribution in [2.24, 2.45) is 5.41 Å². The lowest BCUT2D eigenvalue weighted by Gasteiger charge is -2.33. The van der Waals surface area contributed by atoms with Crippen molar-refractivity contribution >= 4 is 21.9 Å². The second kappa shape index (κ2) is 5.36. The van der Waals surface area contributed by atoms with Crippen molar-refractivity contribution in [1.82, 2.24) is 0 Å². The highest BCUT2D eigenvalue weighted by molar-refractivity contribution is 9.10. The standard InChI is InChI=1S/C13H14BrFO3/c14-11-2-1-10(15)7-9(11)8-13(12(16)17)3-5-18-6-4-13/h1-2,7H,3-6,8H2,(H,16,17). The molecule has 2 rings (SSSR count). The maximum atomic E-state index is 13.2. The molecule has 0 atom stereocenters. The van der Waals surface area contributed by atoms with Gasteiger partial charge in [0.2, 0.25) is 0 Å². The Morgan fingerprint density at radius 1 is 1.44 bits per heavy atom. The number of hydrogen-bond acceptors (Lipinski definition) is 2. The van der Waals surface area contributed by atoms with E-state index < -0.39 is 11.4 Å². The summed E-state index contributed by atoms with van der Waals surface area (Å²) in [5.74, 6) is -1.18. The first-order valence-electron chi connectivity index (χ1n) is 5.79. The molecule has 1 saturated heterocycles. The Kier molecular flexibility index (Phi) is 4.02. The summed E-state index contributed by atoms with van der Waals surface area (Å²) in [7, 11) is 0. The van der Waals surface area contributed by atoms with Crippen molar-refractivity contribution < 1.29 is 19.0 Å². The molecule has 0 amide bonds. The number of rotatable bonds is 3. The van der Waals surface area contributed by atoms with E-state index in [1.165, 1.54) is 12.1 Å². The van der Waals surface area contributed by atoms with E-state index in [4.69, 9.17) is 4.74 Å². The van der Waals surface area contributed by atoms with Crippen LogP contribution in [-0.4, -0.2) is 24.3 Å². The predicted octanol–water partition coefficient (Wildman–Crippen LogP) is 3.01. The summed E-state index contributed by atoms with van der Waals surface area (Å²) >= 11 is 3.34. The molecule has 1 heterocycles. The number of carbonyl (C=O) groups is 1. The molecule has 0 spiro atoms. The van der Waals surface area contributed by atoms with Gasteiger partial charge in [0.05, 0.1) is 5.41 Å². The van der Waals surface area contributed by atoms with E-state index in [-0.39, 0.29) is 5.82 Å². The molecule has 1 aromatic carbocycles. The van der Waals surface area contributed by atoms with E-state index in [2.05, 4.69) is 15.9 Å². The summed E-state index contributed by atoms with van der Waals surface area (Å²) in [5, 5.41) is 9.45. The molecule has 5 heteroatoms. The summed E-state index contributed by atoms with van der Waals surface area (Å²) < 4.78 is 19.2. The van der Waals surface area contributed by atoms with Crippen molar-refractivity contribution in [3.05, 3.63) is 34.1 Å². The van der Waals surface area contributed by atoms with Crippen LogP contribution in [0.15, 0.2) is 22.7 Å². The van der Waals surface area contributed by atoms with E-state index in [1.54, 1.807) is 6.07 Å². The molecule has 1 N–H and O–H groups in total. The largest absolute Gasteiger partial charge is 0.481 e. The van der Waals surface area contributed by atoms with Gasteiger partial charge in [-0.2, -0.15) is 0 Å². The quantitative estimate of drug-likeness (QED) is 0.932. The lowest BCUT2D eigenvalue weighted by atomic mass is 9.75. The van der Waals surface area contributed by atoms with Crippen LogP contribution in [0.3, 0.4) is 0 Å². The van der Waals surface area contributed by atoms with Gasteiger partial charge < -0.3 is 9.84 Å². The molecule has 0 unspecified atom stereocenters. The van der Waals surface area contributed by atoms with Crippen molar-refractivity contribution in [2.75, 3.05) is 13.2 Å². The van der Waals surface area contributed by atoms with Gasteiger partial charge >= 0.3 is 5.97 Å². The number of halogens is 2. The molecule has 98 valence electrons. The van der Waals surface area contributed by atoms with Crippen LogP contribution in [0.25, 0.3) is 0 Å². The molecule has 1 fully saturated rings. The molecule has 3 nitrogen and oxygen atoms in total. The van der Waals surface area contributed by atoms with Gasteiger partial charge in [0.25, 0.3) is 0 Å². The van der Waals surface area contributed by atoms with Crippen molar-refractivity contribution in [1.29, 1.82) is 0 Å². The fourth-order valence-corrected chi connectivity index (χ4v) is 2.66. The minimum Gasteiger partial charge on any atom is -0.481 e. The summed E-state index contributed by atoms with van der Waals surface area (Å²) in [4.78, 5) is 11.5. The fourth-order valence-electron chi connectivity index (χ4n) is 2.27. The fraction of sp³-hybridized carbons (Fsp3) is 0.462. The Morgan fingerprint density at radius 3 is 2.72 bits per heavy atom. The van der Waals surface area contributed by atoms with E-state index in [0.29, 0.717) is 38.0 Å². The molecular formula is C13H14BrFO3. The van der Waals surface area contributed by atoms with Gasteiger partial charge in [-0.25, -0.2) is 4.39 Å². The lowest BCUT2D eigenvalue weighted by molar-refractivity contribution is -0.154. The summed E-state index contributed by atoms with van der Waals surface area (Å²) in [5.41, 5.74) is -0.145. The van der Waals surface area contributed by atoms with Gasteiger partial charge in [-0.05, 0) is 43.0 Å². The van der Waals surface area contributed by atoms with Gasteiger partial charge in [-0.3, -0.25) is 4.79 Å². The molecule has 0 radical (unpaired) electrons. The molecule has 0 aromatic heterocycles. The Balaban J connectivity index is 2.28. The van der Waals surface area contributed by atoms with Crippen LogP contribution >= 0.6 is 15.9 Å². The summed E-state index contributed by atoms with van der Waals surface area (Å²) in [6.07, 6.45) is 1.25. The lowest BCUT2D eigenvalue weighted by Crippen LogP contribution is -2.39. The number of benzene rings is 1. The van der Waals surface area contributed by atoms with Crippen LogP contribution < -0.4 is 0 Å². The minimum absolute atomic E-state index is 0.323. The van der Waals surface area contributed by atoms with Gasteiger partial charge in [-0.15, -0.1) is 0 Å². The Hall–Kier alpha value is -0.940. The second-order valence-corrected chi connectivity index (χ2v) is 5.46. The van der Waals surface area contributed by atoms with Crippen LogP contribution in [0.4, 0.5) is 4.39 Å². The van der Waals surface area contributed by atoms with Gasteiger partial charge in [-0.1, -0.05) is 15.9 Å². The number of carboxylic acids is 1. The zero-order valence-electron chi connectivity index (χ0n) is 9.79. The van der Waals surface area contributed by atoms with Crippen LogP contribution in [0.5, 0.6) is 0 Å². The monoisotopic (exact) mass is 316 g/mol. The van der Waals surface area contributed by atoms with E-state index in [0.717, 1.165) is 4.47 Å². The zero-order chi connectivity index (χ0) is 13.2. The molecule has 0 bridgehead atoms. The first-order chi connectivity index (χ1) is 8.53. The molecule has 0 aliphatic carbocycles. The SMILES string of the molecule is O=C(O)C1(Cc2cc(F)ccc2Br)CCOCC1. The summed E-state index contributed by atoms with van der Waals surface area (Å²) in [6.45, 7) is 0.887. The van der Waals surface area contributed by atoms with Gasteiger partial charge in [0, 0.05) is 17.7 Å². The average Bonchev–Trinajstić information content (AvgIpc) is 2.35. The predicted molar refractivity (Wildman–Crippen MR) is 67.9 cm³/mol. The van der Waals surface area contributed by atoms with Crippen LogP contribution in [0, 0.1) is 11.2 Å². The third kappa shape index (κ3) is 2.72. The maximum absolute atomic E-state index is 13.2. The minimum atomic E-state index is -0.839. The van der Waals surface area contributed by atoms with Crippen LogP contribution in [0.1, 0.15) is 18.4 Å². The summed E-state index contributed by atoms with van der Waals surface area (Å²) in [6, 6.07) is 4.36. The van der Waals surface area contributed by atoms with Crippen molar-refractivity contribution in [2.45, 2.75) is 19.3 Å². The second-order valence-electron chi connectivity index (χ2n) is 4.61. The Bertz CT molecular complexity index is 456. The van der Waals surface area contributed by atoms with Crippen LogP contribution in [-0.2, 0) is 16.0 Å². The molecule has 1 aliphatic rings. The maximum Gasteiger partial charge on any atom is 0.310 e. The van der Waals surface area contributed by atoms with Gasteiger partial charge in [0.1, 0.15) is 5.82 Å². The highest BCUT2D eigenvalue weighted by Crippen LogP contribution is 2.36. The third-order valence-corrected chi connectivity index (χ3v) is 4.21. The molecule has 0 saturated carbocycles. The highest BCUT2D eigenvalue weighted by Gasteiger charge is 2.40. The Morgan fingerprint density at radius 2 is 2.11 bits per heavy atom. The van der Waals surface area contributed by atoms with Crippen LogP contribution in [0.2, 0.25) is 0 Å². The molecule has 1 aliphatic heterocycles. The number of hydrogen-bond donors (Lipinski definition) is 1. The Labute approximate surface area is 113 Å². The van der Waals surface area contributed by atoms with E-state index in [1.807, 2.05) is 0 Å². The first-order valence-corrected chi connectivity index (χ1v) is 6.58. The van der Waals surface area contributed by atoms with E-state index in [9.17, 15) is 14.3 Å². The topological polar surface area (TPSA) is 46.5 Å². The van der Waals surface area contributed by atoms with Crippen molar-refractivity contribution in [3.8, 4) is 0 Å². The third-order valence-electron chi connectivity index (χ3n) is 3.44. The molecular weight excluding hydrogens is 303 g/mol. The average molecular weight is 317 g/mol. The number of ether oxygens (including phenoxy) is 1. The van der Waals surface area contributed by atoms with Gasteiger partial charge in [0.15, 0.2) is 0 Å². The molecule has 1 aromatic rings. The molecule has 18 heavy (non-hydrogen) atoms. The number of aliphatic carboxylic acids is 1. The van der Waals surface area contributed by atoms with Crippen molar-refractivity contribution in [3.63, 3.8) is 0 Å². The highest BCUT2D eigenvalue weighted by atomic mass is 79.9. The number of carboxylic acid groups (broad SMARTS) is 1. The first kappa shape index (κ1) is 13.5. The zero-order valence-corrected chi connectivity index (χ0v) is 11.4. The smallest absolute Gasteiger partial charge is 0.310 e. The normalized spacial score (nSPS) is 18.6. The van der Waals surface area contributed by atoms with E-state index >= 15 is 0 Å².